The van der Waals surface area contributed by atoms with E-state index in [-0.39, 0.29) is 24.3 Å². The molecule has 0 unspecified atom stereocenters. The maximum absolute atomic E-state index is 13.2. The Balaban J connectivity index is 2.57. The molecule has 3 nitrogen and oxygen atoms in total. The summed E-state index contributed by atoms with van der Waals surface area (Å²) in [5.41, 5.74) is 5.97. The van der Waals surface area contributed by atoms with Crippen LogP contribution in [0.25, 0.3) is 11.0 Å². The van der Waals surface area contributed by atoms with Crippen molar-refractivity contribution in [1.82, 2.24) is 0 Å². The maximum atomic E-state index is 13.2. The van der Waals surface area contributed by atoms with E-state index in [1.165, 1.54) is 18.4 Å². The molecule has 1 aromatic carbocycles. The number of fused-ring (bicyclic) bond motifs is 1. The highest BCUT2D eigenvalue weighted by atomic mass is 19.1. The number of Topliss-reactive ketones (excluding diaryl/α,β-unsaturated/α-hetero) is 1. The largest absolute Gasteiger partial charge is 0.464 e. The molecule has 2 N–H and O–H groups in total. The summed E-state index contributed by atoms with van der Waals surface area (Å²) in [6, 6.07) is 4.14. The van der Waals surface area contributed by atoms with E-state index in [0.717, 1.165) is 0 Å². The van der Waals surface area contributed by atoms with Crippen molar-refractivity contribution in [2.45, 2.75) is 6.42 Å². The summed E-state index contributed by atoms with van der Waals surface area (Å²) in [7, 11) is 0. The Morgan fingerprint density at radius 2 is 2.27 bits per heavy atom. The highest BCUT2D eigenvalue weighted by Crippen LogP contribution is 2.22. The van der Waals surface area contributed by atoms with Gasteiger partial charge >= 0.3 is 0 Å². The second kappa shape index (κ2) is 3.82. The predicted molar refractivity (Wildman–Crippen MR) is 54.2 cm³/mol. The highest BCUT2D eigenvalue weighted by Gasteiger charge is 2.13. The molecule has 1 heterocycles. The Morgan fingerprint density at radius 1 is 1.47 bits per heavy atom. The van der Waals surface area contributed by atoms with Gasteiger partial charge in [-0.15, -0.1) is 0 Å². The van der Waals surface area contributed by atoms with Crippen LogP contribution in [-0.4, -0.2) is 12.3 Å². The fourth-order valence-electron chi connectivity index (χ4n) is 1.52. The minimum atomic E-state index is -0.440. The summed E-state index contributed by atoms with van der Waals surface area (Å²) in [6.07, 6.45) is 1.63. The molecule has 0 fully saturated rings. The average Bonchev–Trinajstić information content (AvgIpc) is 2.64. The third kappa shape index (κ3) is 1.76. The van der Waals surface area contributed by atoms with Crippen molar-refractivity contribution < 1.29 is 13.6 Å². The van der Waals surface area contributed by atoms with Gasteiger partial charge in [-0.1, -0.05) is 0 Å². The molecule has 0 aliphatic carbocycles. The van der Waals surface area contributed by atoms with Crippen LogP contribution in [0.2, 0.25) is 0 Å². The molecule has 1 aromatic heterocycles. The molecule has 0 bridgehead atoms. The summed E-state index contributed by atoms with van der Waals surface area (Å²) in [5.74, 6) is -0.638. The fourth-order valence-corrected chi connectivity index (χ4v) is 1.52. The van der Waals surface area contributed by atoms with Gasteiger partial charge in [0.15, 0.2) is 5.78 Å². The molecule has 0 atom stereocenters. The molecule has 0 aliphatic heterocycles. The minimum absolute atomic E-state index is 0.194. The van der Waals surface area contributed by atoms with Gasteiger partial charge in [0.1, 0.15) is 11.4 Å². The zero-order chi connectivity index (χ0) is 10.8. The van der Waals surface area contributed by atoms with E-state index in [4.69, 9.17) is 10.2 Å². The topological polar surface area (TPSA) is 56.2 Å². The Morgan fingerprint density at radius 3 is 3.00 bits per heavy atom. The average molecular weight is 207 g/mol. The quantitative estimate of drug-likeness (QED) is 0.784. The van der Waals surface area contributed by atoms with Crippen molar-refractivity contribution in [2.75, 3.05) is 6.54 Å². The Hall–Kier alpha value is -1.68. The Labute approximate surface area is 85.7 Å². The van der Waals surface area contributed by atoms with Gasteiger partial charge in [-0.2, -0.15) is 0 Å². The van der Waals surface area contributed by atoms with Gasteiger partial charge in [-0.25, -0.2) is 4.39 Å². The number of carbonyl (C=O) groups excluding carboxylic acids is 1. The van der Waals surface area contributed by atoms with Crippen LogP contribution in [-0.2, 0) is 0 Å². The normalized spacial score (nSPS) is 10.8. The van der Waals surface area contributed by atoms with Crippen LogP contribution in [0.5, 0.6) is 0 Å². The minimum Gasteiger partial charge on any atom is -0.464 e. The zero-order valence-corrected chi connectivity index (χ0v) is 8.00. The van der Waals surface area contributed by atoms with Crippen molar-refractivity contribution in [3.05, 3.63) is 35.8 Å². The number of nitrogens with two attached hydrogens (primary N) is 1. The Kier molecular flexibility index (Phi) is 2.51. The monoisotopic (exact) mass is 207 g/mol. The van der Waals surface area contributed by atoms with E-state index in [0.29, 0.717) is 11.0 Å². The van der Waals surface area contributed by atoms with Crippen LogP contribution in [0, 0.1) is 5.82 Å². The summed E-state index contributed by atoms with van der Waals surface area (Å²) in [4.78, 5) is 11.6. The molecule has 0 radical (unpaired) electrons. The lowest BCUT2D eigenvalue weighted by Crippen LogP contribution is -2.08. The van der Waals surface area contributed by atoms with E-state index < -0.39 is 5.82 Å². The van der Waals surface area contributed by atoms with Crippen LogP contribution in [0.4, 0.5) is 4.39 Å². The number of hydrogen-bond acceptors (Lipinski definition) is 3. The van der Waals surface area contributed by atoms with Gasteiger partial charge in [0.25, 0.3) is 0 Å². The van der Waals surface area contributed by atoms with Crippen molar-refractivity contribution in [1.29, 1.82) is 0 Å². The lowest BCUT2D eigenvalue weighted by Gasteiger charge is -2.00. The van der Waals surface area contributed by atoms with Gasteiger partial charge in [0.05, 0.1) is 11.8 Å². The molecule has 15 heavy (non-hydrogen) atoms. The van der Waals surface area contributed by atoms with E-state index in [2.05, 4.69) is 0 Å². The number of carbonyl (C=O) groups is 1. The van der Waals surface area contributed by atoms with Crippen molar-refractivity contribution >= 4 is 16.8 Å². The van der Waals surface area contributed by atoms with Crippen LogP contribution in [0.3, 0.4) is 0 Å². The van der Waals surface area contributed by atoms with Crippen LogP contribution >= 0.6 is 0 Å². The van der Waals surface area contributed by atoms with Crippen LogP contribution < -0.4 is 5.73 Å². The molecular weight excluding hydrogens is 197 g/mol. The molecular formula is C11H10FNO2. The fraction of sp³-hybridized carbons (Fsp3) is 0.182. The van der Waals surface area contributed by atoms with Crippen molar-refractivity contribution in [2.24, 2.45) is 5.73 Å². The molecule has 2 aromatic rings. The number of benzene rings is 1. The molecule has 0 saturated carbocycles. The molecule has 2 rings (SSSR count). The first-order chi connectivity index (χ1) is 7.22. The molecule has 4 heteroatoms. The van der Waals surface area contributed by atoms with Crippen molar-refractivity contribution in [3.8, 4) is 0 Å². The number of rotatable bonds is 3. The molecule has 0 amide bonds. The zero-order valence-electron chi connectivity index (χ0n) is 8.00. The van der Waals surface area contributed by atoms with Gasteiger partial charge in [-0.05, 0) is 24.7 Å². The maximum Gasteiger partial charge on any atom is 0.168 e. The summed E-state index contributed by atoms with van der Waals surface area (Å²) >= 11 is 0. The molecule has 0 aliphatic rings. The van der Waals surface area contributed by atoms with Gasteiger partial charge in [0, 0.05) is 11.8 Å². The van der Waals surface area contributed by atoms with Crippen LogP contribution in [0.15, 0.2) is 28.9 Å². The first-order valence-corrected chi connectivity index (χ1v) is 4.62. The number of ketones is 1. The number of halogens is 1. The smallest absolute Gasteiger partial charge is 0.168 e. The lowest BCUT2D eigenvalue weighted by molar-refractivity contribution is 0.0985. The number of hydrogen-bond donors (Lipinski definition) is 1. The first-order valence-electron chi connectivity index (χ1n) is 4.62. The van der Waals surface area contributed by atoms with E-state index in [1.807, 2.05) is 0 Å². The van der Waals surface area contributed by atoms with Crippen molar-refractivity contribution in [3.63, 3.8) is 0 Å². The van der Waals surface area contributed by atoms with Gasteiger partial charge in [0.2, 0.25) is 0 Å². The molecule has 0 saturated heterocycles. The van der Waals surface area contributed by atoms with E-state index >= 15 is 0 Å². The highest BCUT2D eigenvalue weighted by molar-refractivity contribution is 6.06. The van der Waals surface area contributed by atoms with Gasteiger partial charge < -0.3 is 10.2 Å². The molecule has 78 valence electrons. The second-order valence-electron chi connectivity index (χ2n) is 3.25. The second-order valence-corrected chi connectivity index (χ2v) is 3.25. The third-order valence-electron chi connectivity index (χ3n) is 2.19. The molecule has 0 spiro atoms. The SMILES string of the molecule is NCCC(=O)c1cc(F)cc2ccoc12. The summed E-state index contributed by atoms with van der Waals surface area (Å²) < 4.78 is 18.3. The Bertz CT molecular complexity index is 504. The van der Waals surface area contributed by atoms with E-state index in [9.17, 15) is 9.18 Å². The van der Waals surface area contributed by atoms with E-state index in [1.54, 1.807) is 6.07 Å². The first kappa shape index (κ1) is 9.86. The third-order valence-corrected chi connectivity index (χ3v) is 2.19. The standard InChI is InChI=1S/C11H10FNO2/c12-8-5-7-2-4-15-11(7)9(6-8)10(14)1-3-13/h2,4-6H,1,3,13H2. The van der Waals surface area contributed by atoms with Crippen LogP contribution in [0.1, 0.15) is 16.8 Å². The predicted octanol–water partition coefficient (Wildman–Crippen LogP) is 2.10. The number of furan rings is 1. The summed E-state index contributed by atoms with van der Waals surface area (Å²) in [6.45, 7) is 0.248. The summed E-state index contributed by atoms with van der Waals surface area (Å²) in [5, 5.41) is 0.593. The van der Waals surface area contributed by atoms with Gasteiger partial charge in [-0.3, -0.25) is 4.79 Å². The lowest BCUT2D eigenvalue weighted by atomic mass is 10.1.